The Bertz CT molecular complexity index is 787. The normalized spacial score (nSPS) is 13.0. The Morgan fingerprint density at radius 2 is 1.91 bits per heavy atom. The average Bonchev–Trinajstić information content (AvgIpc) is 2.50. The van der Waals surface area contributed by atoms with Crippen LogP contribution in [0.5, 0.6) is 0 Å². The summed E-state index contributed by atoms with van der Waals surface area (Å²) < 4.78 is 23.1. The second kappa shape index (κ2) is 6.44. The van der Waals surface area contributed by atoms with Crippen molar-refractivity contribution in [3.05, 3.63) is 42.1 Å². The number of sulfone groups is 1. The van der Waals surface area contributed by atoms with E-state index < -0.39 is 15.1 Å². The topological polar surface area (TPSA) is 67.3 Å². The first-order valence-corrected chi connectivity index (χ1v) is 9.10. The first kappa shape index (κ1) is 16.4. The standard InChI is InChI=1S/C16H20N2O3S/c1-4-18(16(19)12(2)22(3,20)21)11-14-10-9-13-7-5-6-8-15(13)17-14/h5-10,12H,4,11H2,1-3H3. The van der Waals surface area contributed by atoms with Crippen molar-refractivity contribution in [2.45, 2.75) is 25.6 Å². The van der Waals surface area contributed by atoms with Crippen LogP contribution in [0.2, 0.25) is 0 Å². The fraction of sp³-hybridized carbons (Fsp3) is 0.375. The Balaban J connectivity index is 2.23. The van der Waals surface area contributed by atoms with E-state index in [2.05, 4.69) is 4.98 Å². The van der Waals surface area contributed by atoms with Gasteiger partial charge in [-0.25, -0.2) is 8.42 Å². The predicted octanol–water partition coefficient (Wildman–Crippen LogP) is 2.02. The van der Waals surface area contributed by atoms with E-state index in [-0.39, 0.29) is 5.91 Å². The van der Waals surface area contributed by atoms with E-state index in [9.17, 15) is 13.2 Å². The Labute approximate surface area is 130 Å². The molecule has 2 aromatic rings. The van der Waals surface area contributed by atoms with Gasteiger partial charge in [0.15, 0.2) is 9.84 Å². The molecule has 1 unspecified atom stereocenters. The molecule has 1 aromatic carbocycles. The summed E-state index contributed by atoms with van der Waals surface area (Å²) in [6.45, 7) is 4.00. The molecule has 0 fully saturated rings. The molecule has 6 heteroatoms. The van der Waals surface area contributed by atoms with Crippen LogP contribution in [0.1, 0.15) is 19.5 Å². The lowest BCUT2D eigenvalue weighted by atomic mass is 10.2. The lowest BCUT2D eigenvalue weighted by Gasteiger charge is -2.23. The van der Waals surface area contributed by atoms with E-state index in [1.54, 1.807) is 0 Å². The molecule has 1 aromatic heterocycles. The van der Waals surface area contributed by atoms with Crippen LogP contribution < -0.4 is 0 Å². The number of hydrogen-bond donors (Lipinski definition) is 0. The summed E-state index contributed by atoms with van der Waals surface area (Å²) in [5.74, 6) is -0.389. The second-order valence-electron chi connectivity index (χ2n) is 5.32. The van der Waals surface area contributed by atoms with E-state index in [0.29, 0.717) is 13.1 Å². The van der Waals surface area contributed by atoms with Crippen molar-refractivity contribution in [1.29, 1.82) is 0 Å². The maximum Gasteiger partial charge on any atom is 0.240 e. The lowest BCUT2D eigenvalue weighted by molar-refractivity contribution is -0.130. The average molecular weight is 320 g/mol. The summed E-state index contributed by atoms with van der Waals surface area (Å²) in [6.07, 6.45) is 1.08. The molecule has 0 aliphatic carbocycles. The quantitative estimate of drug-likeness (QED) is 0.845. The maximum absolute atomic E-state index is 12.3. The molecule has 0 saturated carbocycles. The van der Waals surface area contributed by atoms with E-state index in [1.807, 2.05) is 43.3 Å². The van der Waals surface area contributed by atoms with Crippen LogP contribution in [0.15, 0.2) is 36.4 Å². The summed E-state index contributed by atoms with van der Waals surface area (Å²) >= 11 is 0. The molecule has 0 spiro atoms. The number of amides is 1. The van der Waals surface area contributed by atoms with Crippen molar-refractivity contribution in [1.82, 2.24) is 9.88 Å². The van der Waals surface area contributed by atoms with Gasteiger partial charge in [-0.15, -0.1) is 0 Å². The summed E-state index contributed by atoms with van der Waals surface area (Å²) in [7, 11) is -3.40. The number of hydrogen-bond acceptors (Lipinski definition) is 4. The monoisotopic (exact) mass is 320 g/mol. The Morgan fingerprint density at radius 3 is 2.55 bits per heavy atom. The van der Waals surface area contributed by atoms with Crippen molar-refractivity contribution < 1.29 is 13.2 Å². The van der Waals surface area contributed by atoms with E-state index >= 15 is 0 Å². The van der Waals surface area contributed by atoms with Crippen molar-refractivity contribution in [2.24, 2.45) is 0 Å². The van der Waals surface area contributed by atoms with Gasteiger partial charge in [-0.3, -0.25) is 9.78 Å². The maximum atomic E-state index is 12.3. The van der Waals surface area contributed by atoms with Gasteiger partial charge in [-0.2, -0.15) is 0 Å². The molecular weight excluding hydrogens is 300 g/mol. The fourth-order valence-electron chi connectivity index (χ4n) is 2.18. The molecule has 0 aliphatic heterocycles. The molecule has 1 atom stereocenters. The van der Waals surface area contributed by atoms with Gasteiger partial charge in [0.1, 0.15) is 5.25 Å². The number of benzene rings is 1. The third-order valence-electron chi connectivity index (χ3n) is 3.69. The molecule has 5 nitrogen and oxygen atoms in total. The van der Waals surface area contributed by atoms with Gasteiger partial charge in [0.2, 0.25) is 5.91 Å². The zero-order chi connectivity index (χ0) is 16.3. The Hall–Kier alpha value is -1.95. The first-order chi connectivity index (χ1) is 10.3. The SMILES string of the molecule is CCN(Cc1ccc2ccccc2n1)C(=O)C(C)S(C)(=O)=O. The Morgan fingerprint density at radius 1 is 1.23 bits per heavy atom. The van der Waals surface area contributed by atoms with Gasteiger partial charge in [0.05, 0.1) is 17.8 Å². The molecule has 22 heavy (non-hydrogen) atoms. The summed E-state index contributed by atoms with van der Waals surface area (Å²) in [5.41, 5.74) is 1.61. The van der Waals surface area contributed by atoms with Gasteiger partial charge in [-0.05, 0) is 26.0 Å². The zero-order valence-corrected chi connectivity index (χ0v) is 13.8. The smallest absolute Gasteiger partial charge is 0.240 e. The van der Waals surface area contributed by atoms with Gasteiger partial charge in [0, 0.05) is 18.2 Å². The highest BCUT2D eigenvalue weighted by atomic mass is 32.2. The molecule has 1 amide bonds. The van der Waals surface area contributed by atoms with Crippen molar-refractivity contribution in [3.63, 3.8) is 0 Å². The number of para-hydroxylation sites is 1. The van der Waals surface area contributed by atoms with E-state index in [0.717, 1.165) is 22.9 Å². The molecule has 0 bridgehead atoms. The molecule has 1 heterocycles. The number of carbonyl (C=O) groups is 1. The van der Waals surface area contributed by atoms with Crippen molar-refractivity contribution in [3.8, 4) is 0 Å². The van der Waals surface area contributed by atoms with E-state index in [1.165, 1.54) is 11.8 Å². The molecule has 118 valence electrons. The highest BCUT2D eigenvalue weighted by Crippen LogP contribution is 2.14. The lowest BCUT2D eigenvalue weighted by Crippen LogP contribution is -2.40. The van der Waals surface area contributed by atoms with Crippen LogP contribution in [0.3, 0.4) is 0 Å². The fourth-order valence-corrected chi connectivity index (χ4v) is 2.69. The predicted molar refractivity (Wildman–Crippen MR) is 87.1 cm³/mol. The number of fused-ring (bicyclic) bond motifs is 1. The molecule has 0 radical (unpaired) electrons. The zero-order valence-electron chi connectivity index (χ0n) is 13.0. The summed E-state index contributed by atoms with van der Waals surface area (Å²) in [5, 5.41) is -0.00182. The van der Waals surface area contributed by atoms with Gasteiger partial charge >= 0.3 is 0 Å². The highest BCUT2D eigenvalue weighted by molar-refractivity contribution is 7.92. The van der Waals surface area contributed by atoms with Crippen LogP contribution in [-0.2, 0) is 21.2 Å². The number of nitrogens with zero attached hydrogens (tertiary/aromatic N) is 2. The number of aromatic nitrogens is 1. The van der Waals surface area contributed by atoms with Crippen LogP contribution in [-0.4, -0.2) is 42.3 Å². The largest absolute Gasteiger partial charge is 0.336 e. The van der Waals surface area contributed by atoms with Crippen LogP contribution in [0.4, 0.5) is 0 Å². The third-order valence-corrected chi connectivity index (χ3v) is 5.18. The van der Waals surface area contributed by atoms with Crippen molar-refractivity contribution >= 4 is 26.6 Å². The van der Waals surface area contributed by atoms with E-state index in [4.69, 9.17) is 0 Å². The van der Waals surface area contributed by atoms with Crippen molar-refractivity contribution in [2.75, 3.05) is 12.8 Å². The molecule has 0 N–H and O–H groups in total. The molecule has 2 rings (SSSR count). The minimum Gasteiger partial charge on any atom is -0.336 e. The minimum absolute atomic E-state index is 0.306. The van der Waals surface area contributed by atoms with Crippen LogP contribution in [0, 0.1) is 0 Å². The summed E-state index contributed by atoms with van der Waals surface area (Å²) in [4.78, 5) is 18.3. The van der Waals surface area contributed by atoms with Gasteiger partial charge in [0.25, 0.3) is 0 Å². The van der Waals surface area contributed by atoms with Crippen LogP contribution >= 0.6 is 0 Å². The molecule has 0 aliphatic rings. The third kappa shape index (κ3) is 3.62. The second-order valence-corrected chi connectivity index (χ2v) is 7.69. The molecular formula is C16H20N2O3S. The van der Waals surface area contributed by atoms with Crippen LogP contribution in [0.25, 0.3) is 10.9 Å². The Kier molecular flexibility index (Phi) is 4.81. The van der Waals surface area contributed by atoms with Gasteiger partial charge in [-0.1, -0.05) is 24.3 Å². The highest BCUT2D eigenvalue weighted by Gasteiger charge is 2.27. The molecule has 0 saturated heterocycles. The number of carbonyl (C=O) groups excluding carboxylic acids is 1. The summed E-state index contributed by atoms with van der Waals surface area (Å²) in [6, 6.07) is 11.6. The number of rotatable bonds is 5. The minimum atomic E-state index is -3.40. The number of pyridine rings is 1. The first-order valence-electron chi connectivity index (χ1n) is 7.15. The van der Waals surface area contributed by atoms with Gasteiger partial charge < -0.3 is 4.90 Å².